The largest absolute Gasteiger partial charge is 0.377 e. The third-order valence-corrected chi connectivity index (χ3v) is 4.63. The average Bonchev–Trinajstić information content (AvgIpc) is 3.01. The van der Waals surface area contributed by atoms with E-state index in [2.05, 4.69) is 17.4 Å². The number of hydrogen-bond acceptors (Lipinski definition) is 4. The van der Waals surface area contributed by atoms with Gasteiger partial charge in [-0.25, -0.2) is 0 Å². The van der Waals surface area contributed by atoms with Crippen LogP contribution in [0, 0.1) is 11.8 Å². The third-order valence-electron chi connectivity index (χ3n) is 4.46. The van der Waals surface area contributed by atoms with Gasteiger partial charge in [0, 0.05) is 43.4 Å². The van der Waals surface area contributed by atoms with E-state index >= 15 is 0 Å². The maximum atomic E-state index is 12.0. The zero-order valence-electron chi connectivity index (χ0n) is 11.5. The first kappa shape index (κ1) is 13.9. The highest BCUT2D eigenvalue weighted by molar-refractivity contribution is 6.29. The molecular formula is C14H19ClN2O3. The fourth-order valence-electron chi connectivity index (χ4n) is 3.43. The van der Waals surface area contributed by atoms with Crippen molar-refractivity contribution < 1.29 is 14.1 Å². The van der Waals surface area contributed by atoms with Crippen molar-refractivity contribution in [1.29, 1.82) is 0 Å². The van der Waals surface area contributed by atoms with E-state index in [1.165, 1.54) is 0 Å². The number of nitrogens with one attached hydrogen (secondary N) is 1. The summed E-state index contributed by atoms with van der Waals surface area (Å²) in [6, 6.07) is 1.92. The molecule has 1 aliphatic carbocycles. The summed E-state index contributed by atoms with van der Waals surface area (Å²) >= 11 is 5.67. The minimum absolute atomic E-state index is 0.0614. The zero-order valence-corrected chi connectivity index (χ0v) is 12.2. The Hall–Kier alpha value is -1.07. The number of aryl methyl sites for hydroxylation is 1. The molecule has 1 aromatic rings. The second-order valence-electron chi connectivity index (χ2n) is 5.57. The van der Waals surface area contributed by atoms with E-state index in [0.717, 1.165) is 19.4 Å². The molecule has 20 heavy (non-hydrogen) atoms. The van der Waals surface area contributed by atoms with Crippen LogP contribution in [0.4, 0.5) is 0 Å². The fourth-order valence-corrected chi connectivity index (χ4v) is 3.59. The van der Waals surface area contributed by atoms with E-state index in [4.69, 9.17) is 20.9 Å². The molecule has 4 atom stereocenters. The molecule has 5 nitrogen and oxygen atoms in total. The van der Waals surface area contributed by atoms with Crippen LogP contribution in [0.15, 0.2) is 10.6 Å². The Bertz CT molecular complexity index is 491. The minimum Gasteiger partial charge on any atom is -0.377 e. The van der Waals surface area contributed by atoms with Crippen molar-refractivity contribution in [3.8, 4) is 0 Å². The summed E-state index contributed by atoms with van der Waals surface area (Å²) in [7, 11) is 0. The lowest BCUT2D eigenvalue weighted by molar-refractivity contribution is -0.127. The van der Waals surface area contributed by atoms with Crippen LogP contribution < -0.4 is 5.32 Å². The van der Waals surface area contributed by atoms with Gasteiger partial charge in [0.15, 0.2) is 5.15 Å². The Morgan fingerprint density at radius 3 is 3.15 bits per heavy atom. The zero-order chi connectivity index (χ0) is 14.1. The third kappa shape index (κ3) is 2.56. The minimum atomic E-state index is 0.0614. The van der Waals surface area contributed by atoms with Gasteiger partial charge in [-0.15, -0.1) is 0 Å². The lowest BCUT2D eigenvalue weighted by Crippen LogP contribution is -2.61. The summed E-state index contributed by atoms with van der Waals surface area (Å²) in [5.41, 5.74) is 0. The summed E-state index contributed by atoms with van der Waals surface area (Å²) < 4.78 is 10.7. The predicted molar refractivity (Wildman–Crippen MR) is 73.4 cm³/mol. The van der Waals surface area contributed by atoms with Crippen LogP contribution in [0.1, 0.15) is 31.9 Å². The van der Waals surface area contributed by atoms with Crippen molar-refractivity contribution in [2.24, 2.45) is 11.8 Å². The van der Waals surface area contributed by atoms with Crippen LogP contribution in [0.2, 0.25) is 5.15 Å². The first-order valence-electron chi connectivity index (χ1n) is 7.21. The van der Waals surface area contributed by atoms with Crippen LogP contribution in [-0.4, -0.2) is 29.8 Å². The van der Waals surface area contributed by atoms with Crippen molar-refractivity contribution in [3.63, 3.8) is 0 Å². The Morgan fingerprint density at radius 1 is 1.60 bits per heavy atom. The molecule has 6 heteroatoms. The highest BCUT2D eigenvalue weighted by Crippen LogP contribution is 2.45. The van der Waals surface area contributed by atoms with Crippen molar-refractivity contribution >= 4 is 17.5 Å². The lowest BCUT2D eigenvalue weighted by Gasteiger charge is -2.47. The normalized spacial score (nSPS) is 31.7. The number of fused-ring (bicyclic) bond motifs is 1. The summed E-state index contributed by atoms with van der Waals surface area (Å²) in [5.74, 6) is 1.67. The number of carbonyl (C=O) groups excluding carboxylic acids is 1. The average molecular weight is 299 g/mol. The quantitative estimate of drug-likeness (QED) is 0.905. The molecule has 110 valence electrons. The van der Waals surface area contributed by atoms with Crippen LogP contribution in [-0.2, 0) is 16.0 Å². The van der Waals surface area contributed by atoms with Gasteiger partial charge in [0.2, 0.25) is 5.91 Å². The van der Waals surface area contributed by atoms with Gasteiger partial charge in [-0.2, -0.15) is 0 Å². The second kappa shape index (κ2) is 5.74. The van der Waals surface area contributed by atoms with E-state index in [9.17, 15) is 4.79 Å². The predicted octanol–water partition coefficient (Wildman–Crippen LogP) is 2.19. The van der Waals surface area contributed by atoms with Crippen molar-refractivity contribution in [3.05, 3.63) is 17.0 Å². The monoisotopic (exact) mass is 298 g/mol. The highest BCUT2D eigenvalue weighted by atomic mass is 35.5. The SMILES string of the molecule is CC[C@H]1[C@H](NC(=O)CCc2cc(Cl)no2)[C@H]2CCO[C@H]21. The molecule has 1 amide bonds. The Balaban J connectivity index is 1.49. The van der Waals surface area contributed by atoms with Crippen LogP contribution in [0.3, 0.4) is 0 Å². The number of hydrogen-bond donors (Lipinski definition) is 1. The lowest BCUT2D eigenvalue weighted by atomic mass is 9.65. The number of ether oxygens (including phenoxy) is 1. The molecule has 0 unspecified atom stereocenters. The maximum absolute atomic E-state index is 12.0. The Labute approximate surface area is 123 Å². The van der Waals surface area contributed by atoms with E-state index in [1.807, 2.05) is 0 Å². The number of amides is 1. The topological polar surface area (TPSA) is 64.4 Å². The summed E-state index contributed by atoms with van der Waals surface area (Å²) in [5, 5.41) is 7.08. The molecule has 0 spiro atoms. The van der Waals surface area contributed by atoms with Crippen LogP contribution >= 0.6 is 11.6 Å². The molecule has 1 aliphatic heterocycles. The highest BCUT2D eigenvalue weighted by Gasteiger charge is 2.53. The second-order valence-corrected chi connectivity index (χ2v) is 5.96. The number of rotatable bonds is 5. The van der Waals surface area contributed by atoms with Crippen molar-refractivity contribution in [1.82, 2.24) is 10.5 Å². The molecule has 2 aliphatic rings. The molecule has 1 N–H and O–H groups in total. The summed E-state index contributed by atoms with van der Waals surface area (Å²) in [6.07, 6.45) is 3.39. The standard InChI is InChI=1S/C14H19ClN2O3/c1-2-9-13(10-5-6-19-14(9)10)16-12(18)4-3-8-7-11(15)17-20-8/h7,9-10,13-14H,2-6H2,1H3,(H,16,18)/t9-,10+,13-,14-/m0/s1. The van der Waals surface area contributed by atoms with Gasteiger partial charge in [-0.05, 0) is 12.8 Å². The fraction of sp³-hybridized carbons (Fsp3) is 0.714. The smallest absolute Gasteiger partial charge is 0.220 e. The van der Waals surface area contributed by atoms with Gasteiger partial charge in [0.25, 0.3) is 0 Å². The van der Waals surface area contributed by atoms with Gasteiger partial charge in [-0.1, -0.05) is 23.7 Å². The van der Waals surface area contributed by atoms with Crippen molar-refractivity contribution in [2.75, 3.05) is 6.61 Å². The maximum Gasteiger partial charge on any atom is 0.220 e. The van der Waals surface area contributed by atoms with E-state index in [1.54, 1.807) is 6.07 Å². The van der Waals surface area contributed by atoms with Crippen LogP contribution in [0.5, 0.6) is 0 Å². The number of carbonyl (C=O) groups is 1. The van der Waals surface area contributed by atoms with Crippen LogP contribution in [0.25, 0.3) is 0 Å². The van der Waals surface area contributed by atoms with E-state index < -0.39 is 0 Å². The first-order valence-corrected chi connectivity index (χ1v) is 7.59. The van der Waals surface area contributed by atoms with Gasteiger partial charge in [-0.3, -0.25) is 4.79 Å². The molecule has 1 saturated heterocycles. The molecule has 1 aromatic heterocycles. The molecule has 0 radical (unpaired) electrons. The Morgan fingerprint density at radius 2 is 2.45 bits per heavy atom. The van der Waals surface area contributed by atoms with Gasteiger partial charge >= 0.3 is 0 Å². The van der Waals surface area contributed by atoms with Gasteiger partial charge < -0.3 is 14.6 Å². The summed E-state index contributed by atoms with van der Waals surface area (Å²) in [6.45, 7) is 2.98. The van der Waals surface area contributed by atoms with E-state index in [0.29, 0.717) is 41.7 Å². The molecule has 2 fully saturated rings. The van der Waals surface area contributed by atoms with Crippen molar-refractivity contribution in [2.45, 2.75) is 44.8 Å². The molecule has 2 heterocycles. The number of halogens is 1. The molecular weight excluding hydrogens is 280 g/mol. The Kier molecular flexibility index (Phi) is 3.98. The number of nitrogens with zero attached hydrogens (tertiary/aromatic N) is 1. The molecule has 1 saturated carbocycles. The summed E-state index contributed by atoms with van der Waals surface area (Å²) in [4.78, 5) is 12.0. The first-order chi connectivity index (χ1) is 9.69. The van der Waals surface area contributed by atoms with Gasteiger partial charge in [0.05, 0.1) is 6.10 Å². The number of aromatic nitrogens is 1. The van der Waals surface area contributed by atoms with E-state index in [-0.39, 0.29) is 11.9 Å². The molecule has 3 rings (SSSR count). The molecule has 0 aromatic carbocycles. The van der Waals surface area contributed by atoms with Gasteiger partial charge in [0.1, 0.15) is 5.76 Å². The molecule has 0 bridgehead atoms.